The smallest absolute Gasteiger partial charge is 0.248 e. The first-order valence-corrected chi connectivity index (χ1v) is 6.57. The molecule has 110 valence electrons. The first kappa shape index (κ1) is 14.8. The van der Waals surface area contributed by atoms with Crippen LogP contribution in [-0.2, 0) is 6.54 Å². The van der Waals surface area contributed by atoms with Gasteiger partial charge in [-0.25, -0.2) is 4.39 Å². The largest absolute Gasteiger partial charge is 0.397 e. The Kier molecular flexibility index (Phi) is 4.12. The molecule has 5 N–H and O–H groups in total. The molecule has 4 nitrogen and oxygen atoms in total. The zero-order chi connectivity index (χ0) is 15.6. The van der Waals surface area contributed by atoms with Crippen LogP contribution in [0.5, 0.6) is 0 Å². The summed E-state index contributed by atoms with van der Waals surface area (Å²) in [5, 5.41) is 3.17. The van der Waals surface area contributed by atoms with Crippen LogP contribution >= 0.6 is 0 Å². The quantitative estimate of drug-likeness (QED) is 0.756. The molecular formula is C16H18FN3O. The Morgan fingerprint density at radius 2 is 1.81 bits per heavy atom. The molecule has 5 heteroatoms. The minimum atomic E-state index is -0.516. The van der Waals surface area contributed by atoms with Crippen molar-refractivity contribution in [1.82, 2.24) is 0 Å². The van der Waals surface area contributed by atoms with Crippen LogP contribution in [0.3, 0.4) is 0 Å². The number of nitrogens with two attached hydrogens (primary N) is 2. The maximum atomic E-state index is 13.6. The summed E-state index contributed by atoms with van der Waals surface area (Å²) >= 11 is 0. The van der Waals surface area contributed by atoms with Crippen molar-refractivity contribution in [3.05, 3.63) is 58.4 Å². The first-order chi connectivity index (χ1) is 9.88. The number of halogens is 1. The standard InChI is InChI=1S/C16H18FN3O/c1-9-5-11(6-10(2)15(9)17)8-20-14-4-3-12(16(19)21)7-13(14)18/h3-7,20H,8,18H2,1-2H3,(H2,19,21). The van der Waals surface area contributed by atoms with Gasteiger partial charge in [0, 0.05) is 12.1 Å². The molecule has 0 saturated carbocycles. The van der Waals surface area contributed by atoms with Crippen molar-refractivity contribution in [2.75, 3.05) is 11.1 Å². The Morgan fingerprint density at radius 3 is 2.33 bits per heavy atom. The minimum Gasteiger partial charge on any atom is -0.397 e. The van der Waals surface area contributed by atoms with Crippen molar-refractivity contribution in [3.8, 4) is 0 Å². The van der Waals surface area contributed by atoms with E-state index in [0.29, 0.717) is 34.6 Å². The third-order valence-electron chi connectivity index (χ3n) is 3.32. The Balaban J connectivity index is 2.15. The third-order valence-corrected chi connectivity index (χ3v) is 3.32. The highest BCUT2D eigenvalue weighted by Crippen LogP contribution is 2.21. The van der Waals surface area contributed by atoms with E-state index in [2.05, 4.69) is 5.32 Å². The zero-order valence-corrected chi connectivity index (χ0v) is 12.0. The number of anilines is 2. The van der Waals surface area contributed by atoms with Gasteiger partial charge in [0.1, 0.15) is 5.82 Å². The molecule has 0 spiro atoms. The topological polar surface area (TPSA) is 81.1 Å². The number of hydrogen-bond acceptors (Lipinski definition) is 3. The fourth-order valence-electron chi connectivity index (χ4n) is 2.21. The second-order valence-corrected chi connectivity index (χ2v) is 5.06. The normalized spacial score (nSPS) is 10.4. The third kappa shape index (κ3) is 3.31. The second-order valence-electron chi connectivity index (χ2n) is 5.06. The molecule has 0 aliphatic rings. The number of hydrogen-bond donors (Lipinski definition) is 3. The summed E-state index contributed by atoms with van der Waals surface area (Å²) < 4.78 is 13.6. The molecule has 0 aliphatic heterocycles. The van der Waals surface area contributed by atoms with Crippen molar-refractivity contribution in [2.45, 2.75) is 20.4 Å². The van der Waals surface area contributed by atoms with E-state index in [1.165, 1.54) is 6.07 Å². The van der Waals surface area contributed by atoms with E-state index in [1.807, 2.05) is 0 Å². The van der Waals surface area contributed by atoms with Crippen LogP contribution in [0.1, 0.15) is 27.0 Å². The summed E-state index contributed by atoms with van der Waals surface area (Å²) in [6.07, 6.45) is 0. The summed E-state index contributed by atoms with van der Waals surface area (Å²) in [4.78, 5) is 11.1. The van der Waals surface area contributed by atoms with Crippen LogP contribution in [0.4, 0.5) is 15.8 Å². The predicted molar refractivity (Wildman–Crippen MR) is 82.6 cm³/mol. The molecule has 0 radical (unpaired) electrons. The Morgan fingerprint density at radius 1 is 1.19 bits per heavy atom. The molecule has 0 bridgehead atoms. The van der Waals surface area contributed by atoms with E-state index in [-0.39, 0.29) is 5.82 Å². The van der Waals surface area contributed by atoms with Gasteiger partial charge >= 0.3 is 0 Å². The van der Waals surface area contributed by atoms with Gasteiger partial charge in [0.25, 0.3) is 0 Å². The zero-order valence-electron chi connectivity index (χ0n) is 12.0. The number of primary amides is 1. The van der Waals surface area contributed by atoms with Gasteiger partial charge in [-0.2, -0.15) is 0 Å². The lowest BCUT2D eigenvalue weighted by Gasteiger charge is -2.12. The van der Waals surface area contributed by atoms with Crippen molar-refractivity contribution < 1.29 is 9.18 Å². The molecule has 0 aliphatic carbocycles. The molecular weight excluding hydrogens is 269 g/mol. The first-order valence-electron chi connectivity index (χ1n) is 6.57. The fraction of sp³-hybridized carbons (Fsp3) is 0.188. The summed E-state index contributed by atoms with van der Waals surface area (Å²) in [5.41, 5.74) is 14.8. The van der Waals surface area contributed by atoms with Crippen LogP contribution in [0.25, 0.3) is 0 Å². The number of amides is 1. The number of aryl methyl sites for hydroxylation is 2. The van der Waals surface area contributed by atoms with Gasteiger partial charge in [-0.05, 0) is 48.7 Å². The number of rotatable bonds is 4. The highest BCUT2D eigenvalue weighted by atomic mass is 19.1. The Bertz CT molecular complexity index is 675. The predicted octanol–water partition coefficient (Wildman–Crippen LogP) is 2.74. The van der Waals surface area contributed by atoms with E-state index in [0.717, 1.165) is 5.56 Å². The molecule has 1 amide bonds. The second kappa shape index (κ2) is 5.83. The van der Waals surface area contributed by atoms with Gasteiger partial charge < -0.3 is 16.8 Å². The summed E-state index contributed by atoms with van der Waals surface area (Å²) in [6, 6.07) is 8.44. The lowest BCUT2D eigenvalue weighted by atomic mass is 10.1. The monoisotopic (exact) mass is 287 g/mol. The van der Waals surface area contributed by atoms with Gasteiger partial charge in [-0.1, -0.05) is 12.1 Å². The number of benzene rings is 2. The molecule has 2 aromatic rings. The summed E-state index contributed by atoms with van der Waals surface area (Å²) in [6.45, 7) is 3.99. The molecule has 0 aromatic heterocycles. The Labute approximate surface area is 123 Å². The van der Waals surface area contributed by atoms with Crippen LogP contribution in [0.2, 0.25) is 0 Å². The molecule has 2 aromatic carbocycles. The van der Waals surface area contributed by atoms with Gasteiger partial charge in [0.05, 0.1) is 11.4 Å². The van der Waals surface area contributed by atoms with Crippen molar-refractivity contribution in [3.63, 3.8) is 0 Å². The molecule has 21 heavy (non-hydrogen) atoms. The van der Waals surface area contributed by atoms with Crippen molar-refractivity contribution >= 4 is 17.3 Å². The lowest BCUT2D eigenvalue weighted by molar-refractivity contribution is 0.100. The lowest BCUT2D eigenvalue weighted by Crippen LogP contribution is -2.12. The van der Waals surface area contributed by atoms with Crippen LogP contribution < -0.4 is 16.8 Å². The molecule has 0 saturated heterocycles. The maximum absolute atomic E-state index is 13.6. The highest BCUT2D eigenvalue weighted by Gasteiger charge is 2.07. The number of carbonyl (C=O) groups excluding carboxylic acids is 1. The van der Waals surface area contributed by atoms with E-state index >= 15 is 0 Å². The van der Waals surface area contributed by atoms with Crippen LogP contribution in [-0.4, -0.2) is 5.91 Å². The van der Waals surface area contributed by atoms with Crippen LogP contribution in [0, 0.1) is 19.7 Å². The van der Waals surface area contributed by atoms with Crippen LogP contribution in [0.15, 0.2) is 30.3 Å². The van der Waals surface area contributed by atoms with E-state index in [9.17, 15) is 9.18 Å². The number of nitrogens with one attached hydrogen (secondary N) is 1. The van der Waals surface area contributed by atoms with E-state index in [4.69, 9.17) is 11.5 Å². The highest BCUT2D eigenvalue weighted by molar-refractivity contribution is 5.94. The van der Waals surface area contributed by atoms with Gasteiger partial charge in [0.2, 0.25) is 5.91 Å². The van der Waals surface area contributed by atoms with E-state index < -0.39 is 5.91 Å². The average Bonchev–Trinajstić information content (AvgIpc) is 2.43. The SMILES string of the molecule is Cc1cc(CNc2ccc(C(N)=O)cc2N)cc(C)c1F. The number of carbonyl (C=O) groups is 1. The molecule has 0 atom stereocenters. The van der Waals surface area contributed by atoms with Crippen molar-refractivity contribution in [2.24, 2.45) is 5.73 Å². The molecule has 0 heterocycles. The Hall–Kier alpha value is -2.56. The summed E-state index contributed by atoms with van der Waals surface area (Å²) in [5.74, 6) is -0.692. The fourth-order valence-corrected chi connectivity index (χ4v) is 2.21. The number of nitrogen functional groups attached to an aromatic ring is 1. The van der Waals surface area contributed by atoms with E-state index in [1.54, 1.807) is 38.1 Å². The molecule has 0 unspecified atom stereocenters. The van der Waals surface area contributed by atoms with Crippen molar-refractivity contribution in [1.29, 1.82) is 0 Å². The average molecular weight is 287 g/mol. The minimum absolute atomic E-state index is 0.177. The summed E-state index contributed by atoms with van der Waals surface area (Å²) in [7, 11) is 0. The molecule has 0 fully saturated rings. The van der Waals surface area contributed by atoms with Gasteiger partial charge in [-0.15, -0.1) is 0 Å². The maximum Gasteiger partial charge on any atom is 0.248 e. The van der Waals surface area contributed by atoms with Gasteiger partial charge in [0.15, 0.2) is 0 Å². The molecule has 2 rings (SSSR count). The van der Waals surface area contributed by atoms with Gasteiger partial charge in [-0.3, -0.25) is 4.79 Å².